The van der Waals surface area contributed by atoms with Crippen LogP contribution in [-0.2, 0) is 25.6 Å². The second-order valence-corrected chi connectivity index (χ2v) is 6.52. The molecule has 1 fully saturated rings. The Kier molecular flexibility index (Phi) is 7.17. The Hall–Kier alpha value is -1.76. The van der Waals surface area contributed by atoms with Crippen molar-refractivity contribution in [3.8, 4) is 0 Å². The third-order valence-corrected chi connectivity index (χ3v) is 4.48. The number of hydrogen-bond donors (Lipinski definition) is 1. The summed E-state index contributed by atoms with van der Waals surface area (Å²) in [6.45, 7) is 1.52. The van der Waals surface area contributed by atoms with Gasteiger partial charge in [-0.05, 0) is 12.0 Å². The average molecular weight is 357 g/mol. The van der Waals surface area contributed by atoms with Gasteiger partial charge in [0.25, 0.3) is 0 Å². The Bertz CT molecular complexity index is 637. The first-order chi connectivity index (χ1) is 12.8. The molecule has 1 heterocycles. The molecule has 140 valence electrons. The van der Waals surface area contributed by atoms with Crippen LogP contribution in [0.25, 0.3) is 0 Å². The first-order valence-corrected chi connectivity index (χ1v) is 8.98. The maximum Gasteiger partial charge on any atom is 0.184 e. The molecule has 2 N–H and O–H groups in total. The molecule has 5 heteroatoms. The Morgan fingerprint density at radius 3 is 2.46 bits per heavy atom. The lowest BCUT2D eigenvalue weighted by atomic mass is 10.0. The van der Waals surface area contributed by atoms with Crippen LogP contribution in [0.4, 0.5) is 0 Å². The van der Waals surface area contributed by atoms with Gasteiger partial charge in [0.2, 0.25) is 0 Å². The normalized spacial score (nSPS) is 24.3. The van der Waals surface area contributed by atoms with Crippen molar-refractivity contribution in [2.24, 2.45) is 5.73 Å². The van der Waals surface area contributed by atoms with E-state index in [0.717, 1.165) is 11.1 Å². The summed E-state index contributed by atoms with van der Waals surface area (Å²) in [5, 5.41) is 0. The van der Waals surface area contributed by atoms with E-state index in [2.05, 4.69) is 0 Å². The van der Waals surface area contributed by atoms with E-state index in [-0.39, 0.29) is 24.5 Å². The quantitative estimate of drug-likeness (QED) is 0.787. The van der Waals surface area contributed by atoms with Crippen LogP contribution in [0.1, 0.15) is 23.8 Å². The highest BCUT2D eigenvalue weighted by atomic mass is 16.7. The summed E-state index contributed by atoms with van der Waals surface area (Å²) >= 11 is 0. The van der Waals surface area contributed by atoms with E-state index in [1.165, 1.54) is 0 Å². The number of nitrogens with two attached hydrogens (primary N) is 1. The Morgan fingerprint density at radius 1 is 1.08 bits per heavy atom. The van der Waals surface area contributed by atoms with Gasteiger partial charge in [-0.15, -0.1) is 0 Å². The fourth-order valence-corrected chi connectivity index (χ4v) is 3.06. The van der Waals surface area contributed by atoms with Crippen LogP contribution < -0.4 is 5.73 Å². The zero-order chi connectivity index (χ0) is 18.2. The molecule has 0 bridgehead atoms. The van der Waals surface area contributed by atoms with Crippen molar-refractivity contribution < 1.29 is 18.9 Å². The standard InChI is InChI=1S/C21H27NO4/c1-23-20-15-25-21(17-10-6-3-7-11-17)26-19(20)12-18(22)14-24-13-16-8-4-2-5-9-16/h2-11,18-21H,12-15,22H2,1H3. The zero-order valence-electron chi connectivity index (χ0n) is 15.1. The molecule has 26 heavy (non-hydrogen) atoms. The molecular formula is C21H27NO4. The van der Waals surface area contributed by atoms with E-state index in [9.17, 15) is 0 Å². The Balaban J connectivity index is 1.50. The summed E-state index contributed by atoms with van der Waals surface area (Å²) in [5.74, 6) is 0. The van der Waals surface area contributed by atoms with Gasteiger partial charge in [0.1, 0.15) is 6.10 Å². The molecule has 0 radical (unpaired) electrons. The number of rotatable bonds is 8. The highest BCUT2D eigenvalue weighted by Gasteiger charge is 2.33. The summed E-state index contributed by atoms with van der Waals surface area (Å²) in [4.78, 5) is 0. The fourth-order valence-electron chi connectivity index (χ4n) is 3.06. The second-order valence-electron chi connectivity index (χ2n) is 6.52. The summed E-state index contributed by atoms with van der Waals surface area (Å²) < 4.78 is 23.2. The van der Waals surface area contributed by atoms with Gasteiger partial charge in [0.05, 0.1) is 25.9 Å². The highest BCUT2D eigenvalue weighted by molar-refractivity contribution is 5.16. The average Bonchev–Trinajstić information content (AvgIpc) is 2.69. The Labute approximate surface area is 155 Å². The molecule has 1 saturated heterocycles. The van der Waals surface area contributed by atoms with Gasteiger partial charge in [-0.2, -0.15) is 0 Å². The van der Waals surface area contributed by atoms with E-state index in [1.54, 1.807) is 7.11 Å². The maximum atomic E-state index is 6.27. The number of ether oxygens (including phenoxy) is 4. The Morgan fingerprint density at radius 2 is 1.77 bits per heavy atom. The van der Waals surface area contributed by atoms with Crippen LogP contribution >= 0.6 is 0 Å². The predicted octanol–water partition coefficient (Wildman–Crippen LogP) is 3.05. The van der Waals surface area contributed by atoms with Gasteiger partial charge in [0, 0.05) is 18.7 Å². The van der Waals surface area contributed by atoms with Gasteiger partial charge in [-0.1, -0.05) is 60.7 Å². The molecule has 0 spiro atoms. The van der Waals surface area contributed by atoms with E-state index >= 15 is 0 Å². The van der Waals surface area contributed by atoms with Crippen molar-refractivity contribution in [1.82, 2.24) is 0 Å². The highest BCUT2D eigenvalue weighted by Crippen LogP contribution is 2.29. The molecule has 0 aromatic heterocycles. The van der Waals surface area contributed by atoms with Gasteiger partial charge in [-0.25, -0.2) is 0 Å². The molecule has 0 saturated carbocycles. The third-order valence-electron chi connectivity index (χ3n) is 4.48. The smallest absolute Gasteiger partial charge is 0.184 e. The molecule has 2 aromatic rings. The third kappa shape index (κ3) is 5.37. The minimum absolute atomic E-state index is 0.129. The molecule has 2 aromatic carbocycles. The van der Waals surface area contributed by atoms with E-state index in [0.29, 0.717) is 26.2 Å². The van der Waals surface area contributed by atoms with Crippen molar-refractivity contribution in [2.75, 3.05) is 20.3 Å². The first kappa shape index (κ1) is 19.0. The molecule has 1 aliphatic rings. The minimum atomic E-state index is -0.384. The molecular weight excluding hydrogens is 330 g/mol. The lowest BCUT2D eigenvalue weighted by molar-refractivity contribution is -0.263. The van der Waals surface area contributed by atoms with Crippen molar-refractivity contribution in [3.63, 3.8) is 0 Å². The van der Waals surface area contributed by atoms with Crippen molar-refractivity contribution in [2.45, 2.75) is 37.6 Å². The largest absolute Gasteiger partial charge is 0.376 e. The lowest BCUT2D eigenvalue weighted by Crippen LogP contribution is -2.45. The van der Waals surface area contributed by atoms with Gasteiger partial charge in [-0.3, -0.25) is 0 Å². The van der Waals surface area contributed by atoms with Crippen LogP contribution in [0.15, 0.2) is 60.7 Å². The van der Waals surface area contributed by atoms with Gasteiger partial charge < -0.3 is 24.7 Å². The number of methoxy groups -OCH3 is 1. The van der Waals surface area contributed by atoms with Gasteiger partial charge >= 0.3 is 0 Å². The zero-order valence-corrected chi connectivity index (χ0v) is 15.1. The molecule has 5 nitrogen and oxygen atoms in total. The van der Waals surface area contributed by atoms with Crippen molar-refractivity contribution in [1.29, 1.82) is 0 Å². The summed E-state index contributed by atoms with van der Waals surface area (Å²) in [5.41, 5.74) is 8.41. The SMILES string of the molecule is COC1COC(c2ccccc2)OC1CC(N)COCc1ccccc1. The molecule has 4 atom stereocenters. The molecule has 3 rings (SSSR count). The summed E-state index contributed by atoms with van der Waals surface area (Å²) in [7, 11) is 1.67. The van der Waals surface area contributed by atoms with Crippen LogP contribution in [0, 0.1) is 0 Å². The first-order valence-electron chi connectivity index (χ1n) is 8.98. The predicted molar refractivity (Wildman–Crippen MR) is 99.5 cm³/mol. The number of hydrogen-bond acceptors (Lipinski definition) is 5. The van der Waals surface area contributed by atoms with Crippen LogP contribution in [0.5, 0.6) is 0 Å². The maximum absolute atomic E-state index is 6.27. The van der Waals surface area contributed by atoms with E-state index in [1.807, 2.05) is 60.7 Å². The molecule has 4 unspecified atom stereocenters. The molecule has 1 aliphatic heterocycles. The van der Waals surface area contributed by atoms with E-state index < -0.39 is 0 Å². The molecule has 0 amide bonds. The van der Waals surface area contributed by atoms with Crippen LogP contribution in [0.2, 0.25) is 0 Å². The van der Waals surface area contributed by atoms with E-state index in [4.69, 9.17) is 24.7 Å². The monoisotopic (exact) mass is 357 g/mol. The van der Waals surface area contributed by atoms with Crippen LogP contribution in [0.3, 0.4) is 0 Å². The summed E-state index contributed by atoms with van der Waals surface area (Å²) in [6.07, 6.45) is 0.00874. The second kappa shape index (κ2) is 9.80. The fraction of sp³-hybridized carbons (Fsp3) is 0.429. The topological polar surface area (TPSA) is 62.9 Å². The minimum Gasteiger partial charge on any atom is -0.376 e. The lowest BCUT2D eigenvalue weighted by Gasteiger charge is -2.37. The van der Waals surface area contributed by atoms with Gasteiger partial charge in [0.15, 0.2) is 6.29 Å². The summed E-state index contributed by atoms with van der Waals surface area (Å²) in [6, 6.07) is 19.9. The van der Waals surface area contributed by atoms with Crippen molar-refractivity contribution in [3.05, 3.63) is 71.8 Å². The van der Waals surface area contributed by atoms with Crippen LogP contribution in [-0.4, -0.2) is 38.6 Å². The molecule has 0 aliphatic carbocycles. The van der Waals surface area contributed by atoms with Crippen molar-refractivity contribution >= 4 is 0 Å². The number of benzene rings is 2.